The van der Waals surface area contributed by atoms with Crippen LogP contribution >= 0.6 is 0 Å². The van der Waals surface area contributed by atoms with Crippen LogP contribution in [0.5, 0.6) is 5.75 Å². The fraction of sp³-hybridized carbons (Fsp3) is 0.652. The maximum absolute atomic E-state index is 12.9. The molecule has 2 aliphatic rings. The molecule has 7 nitrogen and oxygen atoms in total. The summed E-state index contributed by atoms with van der Waals surface area (Å²) in [5.41, 5.74) is 0.805. The highest BCUT2D eigenvalue weighted by Crippen LogP contribution is 2.27. The van der Waals surface area contributed by atoms with Crippen molar-refractivity contribution in [1.29, 1.82) is 0 Å². The number of morpholine rings is 1. The summed E-state index contributed by atoms with van der Waals surface area (Å²) in [4.78, 5) is 29.6. The predicted octanol–water partition coefficient (Wildman–Crippen LogP) is 2.30. The topological polar surface area (TPSA) is 71.1 Å². The molecule has 0 aliphatic carbocycles. The van der Waals surface area contributed by atoms with Crippen LogP contribution in [0, 0.1) is 11.8 Å². The molecule has 2 unspecified atom stereocenters. The monoisotopic (exact) mass is 417 g/mol. The third-order valence-electron chi connectivity index (χ3n) is 6.47. The van der Waals surface area contributed by atoms with Crippen LogP contribution in [-0.2, 0) is 14.3 Å². The van der Waals surface area contributed by atoms with E-state index >= 15 is 0 Å². The lowest BCUT2D eigenvalue weighted by molar-refractivity contribution is -0.126. The minimum atomic E-state index is -0.313. The molecule has 3 rings (SSSR count). The van der Waals surface area contributed by atoms with E-state index in [0.29, 0.717) is 25.0 Å². The number of carbonyl (C=O) groups excluding carboxylic acids is 2. The van der Waals surface area contributed by atoms with Crippen molar-refractivity contribution >= 4 is 17.5 Å². The van der Waals surface area contributed by atoms with Gasteiger partial charge in [0.2, 0.25) is 11.8 Å². The molecular weight excluding hydrogens is 382 g/mol. The minimum Gasteiger partial charge on any atom is -0.497 e. The standard InChI is InChI=1S/C23H35N3O4/c1-4-17(5-2)21(25-10-12-30-13-11-25)15-24-23(28)18-14-22(27)26(16-18)19-6-8-20(29-3)9-7-19/h6-9,17-18,21H,4-5,10-16H2,1-3H3,(H,24,28). The van der Waals surface area contributed by atoms with Crippen molar-refractivity contribution in [1.82, 2.24) is 10.2 Å². The summed E-state index contributed by atoms with van der Waals surface area (Å²) in [5, 5.41) is 3.16. The highest BCUT2D eigenvalue weighted by atomic mass is 16.5. The van der Waals surface area contributed by atoms with Crippen molar-refractivity contribution in [3.8, 4) is 5.75 Å². The van der Waals surface area contributed by atoms with Crippen LogP contribution < -0.4 is 15.0 Å². The second kappa shape index (κ2) is 10.8. The number of anilines is 1. The fourth-order valence-electron chi connectivity index (χ4n) is 4.58. The Labute approximate surface area is 179 Å². The van der Waals surface area contributed by atoms with Gasteiger partial charge in [-0.3, -0.25) is 14.5 Å². The first-order valence-electron chi connectivity index (χ1n) is 11.1. The molecule has 1 N–H and O–H groups in total. The van der Waals surface area contributed by atoms with E-state index in [1.54, 1.807) is 12.0 Å². The van der Waals surface area contributed by atoms with E-state index in [1.165, 1.54) is 0 Å². The Balaban J connectivity index is 1.59. The second-order valence-electron chi connectivity index (χ2n) is 8.14. The highest BCUT2D eigenvalue weighted by molar-refractivity contribution is 6.00. The van der Waals surface area contributed by atoms with Gasteiger partial charge in [-0.2, -0.15) is 0 Å². The number of carbonyl (C=O) groups is 2. The molecule has 30 heavy (non-hydrogen) atoms. The van der Waals surface area contributed by atoms with Crippen molar-refractivity contribution in [2.75, 3.05) is 51.4 Å². The summed E-state index contributed by atoms with van der Waals surface area (Å²) >= 11 is 0. The number of hydrogen-bond acceptors (Lipinski definition) is 5. The van der Waals surface area contributed by atoms with Crippen molar-refractivity contribution < 1.29 is 19.1 Å². The molecule has 0 aromatic heterocycles. The number of hydrogen-bond donors (Lipinski definition) is 1. The highest BCUT2D eigenvalue weighted by Gasteiger charge is 2.36. The van der Waals surface area contributed by atoms with E-state index in [0.717, 1.165) is 50.6 Å². The lowest BCUT2D eigenvalue weighted by atomic mass is 9.92. The molecule has 2 atom stereocenters. The Morgan fingerprint density at radius 1 is 1.20 bits per heavy atom. The van der Waals surface area contributed by atoms with E-state index in [2.05, 4.69) is 24.1 Å². The van der Waals surface area contributed by atoms with E-state index < -0.39 is 0 Å². The molecule has 0 radical (unpaired) electrons. The van der Waals surface area contributed by atoms with E-state index in [-0.39, 0.29) is 24.2 Å². The quantitative estimate of drug-likeness (QED) is 0.668. The second-order valence-corrected chi connectivity index (χ2v) is 8.14. The van der Waals surface area contributed by atoms with Crippen LogP contribution in [0.3, 0.4) is 0 Å². The molecule has 0 spiro atoms. The van der Waals surface area contributed by atoms with Crippen molar-refractivity contribution in [2.45, 2.75) is 39.2 Å². The van der Waals surface area contributed by atoms with Gasteiger partial charge in [-0.15, -0.1) is 0 Å². The zero-order chi connectivity index (χ0) is 21.5. The summed E-state index contributed by atoms with van der Waals surface area (Å²) in [6.45, 7) is 8.78. The van der Waals surface area contributed by atoms with Gasteiger partial charge >= 0.3 is 0 Å². The first kappa shape index (κ1) is 22.6. The van der Waals surface area contributed by atoms with E-state index in [4.69, 9.17) is 9.47 Å². The smallest absolute Gasteiger partial charge is 0.227 e. The maximum Gasteiger partial charge on any atom is 0.227 e. The van der Waals surface area contributed by atoms with Gasteiger partial charge in [0, 0.05) is 44.3 Å². The zero-order valence-corrected chi connectivity index (χ0v) is 18.4. The van der Waals surface area contributed by atoms with Crippen LogP contribution in [0.25, 0.3) is 0 Å². The zero-order valence-electron chi connectivity index (χ0n) is 18.4. The number of amides is 2. The van der Waals surface area contributed by atoms with Crippen molar-refractivity contribution in [2.24, 2.45) is 11.8 Å². The van der Waals surface area contributed by atoms with Gasteiger partial charge in [-0.05, 0) is 30.2 Å². The maximum atomic E-state index is 12.9. The van der Waals surface area contributed by atoms with Gasteiger partial charge in [0.25, 0.3) is 0 Å². The Kier molecular flexibility index (Phi) is 8.10. The molecule has 0 bridgehead atoms. The molecule has 1 aromatic rings. The van der Waals surface area contributed by atoms with Gasteiger partial charge in [0.05, 0.1) is 26.2 Å². The molecule has 2 saturated heterocycles. The largest absolute Gasteiger partial charge is 0.497 e. The summed E-state index contributed by atoms with van der Waals surface area (Å²) < 4.78 is 10.7. The number of methoxy groups -OCH3 is 1. The van der Waals surface area contributed by atoms with Crippen LogP contribution in [0.4, 0.5) is 5.69 Å². The third-order valence-corrected chi connectivity index (χ3v) is 6.47. The van der Waals surface area contributed by atoms with Gasteiger partial charge in [-0.1, -0.05) is 26.7 Å². The normalized spacial score (nSPS) is 21.1. The first-order valence-corrected chi connectivity index (χ1v) is 11.1. The molecule has 0 saturated carbocycles. The van der Waals surface area contributed by atoms with Crippen molar-refractivity contribution in [3.63, 3.8) is 0 Å². The summed E-state index contributed by atoms with van der Waals surface area (Å²) in [6.07, 6.45) is 2.42. The van der Waals surface area contributed by atoms with Crippen LogP contribution in [-0.4, -0.2) is 69.3 Å². The molecule has 2 aliphatic heterocycles. The summed E-state index contributed by atoms with van der Waals surface area (Å²) in [7, 11) is 1.61. The Hall–Kier alpha value is -2.12. The minimum absolute atomic E-state index is 0.00922. The van der Waals surface area contributed by atoms with Crippen LogP contribution in [0.1, 0.15) is 33.1 Å². The van der Waals surface area contributed by atoms with Gasteiger partial charge < -0.3 is 19.7 Å². The number of ether oxygens (including phenoxy) is 2. The van der Waals surface area contributed by atoms with Gasteiger partial charge in [-0.25, -0.2) is 0 Å². The Morgan fingerprint density at radius 2 is 1.87 bits per heavy atom. The number of rotatable bonds is 9. The Morgan fingerprint density at radius 3 is 2.47 bits per heavy atom. The summed E-state index contributed by atoms with van der Waals surface area (Å²) in [6, 6.07) is 7.69. The molecule has 2 amide bonds. The molecular formula is C23H35N3O4. The summed E-state index contributed by atoms with van der Waals surface area (Å²) in [5.74, 6) is 0.930. The lowest BCUT2D eigenvalue weighted by Crippen LogP contribution is -2.52. The predicted molar refractivity (Wildman–Crippen MR) is 117 cm³/mol. The number of nitrogens with one attached hydrogen (secondary N) is 1. The van der Waals surface area contributed by atoms with Crippen LogP contribution in [0.2, 0.25) is 0 Å². The third kappa shape index (κ3) is 5.32. The average Bonchev–Trinajstić information content (AvgIpc) is 3.18. The lowest BCUT2D eigenvalue weighted by Gasteiger charge is -2.39. The molecule has 2 heterocycles. The number of benzene rings is 1. The van der Waals surface area contributed by atoms with Crippen LogP contribution in [0.15, 0.2) is 24.3 Å². The number of nitrogens with zero attached hydrogens (tertiary/aromatic N) is 2. The van der Waals surface area contributed by atoms with E-state index in [9.17, 15) is 9.59 Å². The average molecular weight is 418 g/mol. The van der Waals surface area contributed by atoms with Crippen molar-refractivity contribution in [3.05, 3.63) is 24.3 Å². The molecule has 1 aromatic carbocycles. The molecule has 166 valence electrons. The molecule has 2 fully saturated rings. The SMILES string of the molecule is CCC(CC)C(CNC(=O)C1CC(=O)N(c2ccc(OC)cc2)C1)N1CCOCC1. The molecule has 7 heteroatoms. The van der Waals surface area contributed by atoms with Gasteiger partial charge in [0.1, 0.15) is 5.75 Å². The van der Waals surface area contributed by atoms with E-state index in [1.807, 2.05) is 24.3 Å². The van der Waals surface area contributed by atoms with Gasteiger partial charge in [0.15, 0.2) is 0 Å². The Bertz CT molecular complexity index is 699. The first-order chi connectivity index (χ1) is 14.6. The fourth-order valence-corrected chi connectivity index (χ4v) is 4.58.